The maximum absolute atomic E-state index is 6.95. The minimum atomic E-state index is -2.37. The van der Waals surface area contributed by atoms with Crippen molar-refractivity contribution in [3.05, 3.63) is 72.8 Å². The lowest BCUT2D eigenvalue weighted by atomic mass is 10.1. The van der Waals surface area contributed by atoms with Gasteiger partial charge in [-0.1, -0.05) is 100 Å². The first-order chi connectivity index (χ1) is 14.5. The summed E-state index contributed by atoms with van der Waals surface area (Å²) >= 11 is 0. The van der Waals surface area contributed by atoms with Crippen LogP contribution in [0.4, 0.5) is 0 Å². The first-order valence-corrected chi connectivity index (χ1v) is 13.5. The Morgan fingerprint density at radius 3 is 1.70 bits per heavy atom. The second kappa shape index (κ2) is 12.9. The van der Waals surface area contributed by atoms with Gasteiger partial charge in [-0.05, 0) is 60.5 Å². The van der Waals surface area contributed by atoms with Crippen molar-refractivity contribution in [1.82, 2.24) is 0 Å². The highest BCUT2D eigenvalue weighted by Gasteiger charge is 2.49. The Morgan fingerprint density at radius 1 is 0.733 bits per heavy atom. The molecule has 164 valence electrons. The SMILES string of the molecule is CC(C)(C)[Si](OCCCCCC=CCCCCN)(c1ccccc1)c1ccccc1. The summed E-state index contributed by atoms with van der Waals surface area (Å²) in [7, 11) is -2.37. The Balaban J connectivity index is 1.98. The molecule has 0 aromatic heterocycles. The van der Waals surface area contributed by atoms with Gasteiger partial charge in [0.15, 0.2) is 0 Å². The number of benzene rings is 2. The van der Waals surface area contributed by atoms with E-state index in [1.54, 1.807) is 0 Å². The number of nitrogens with two attached hydrogens (primary N) is 1. The third-order valence-electron chi connectivity index (χ3n) is 5.74. The lowest BCUT2D eigenvalue weighted by Crippen LogP contribution is -2.66. The Labute approximate surface area is 185 Å². The van der Waals surface area contributed by atoms with E-state index in [0.29, 0.717) is 0 Å². The molecule has 30 heavy (non-hydrogen) atoms. The minimum Gasteiger partial charge on any atom is -0.407 e. The largest absolute Gasteiger partial charge is 0.407 e. The molecule has 0 aliphatic heterocycles. The van der Waals surface area contributed by atoms with Gasteiger partial charge >= 0.3 is 0 Å². The molecule has 2 N–H and O–H groups in total. The van der Waals surface area contributed by atoms with E-state index in [0.717, 1.165) is 32.4 Å². The third kappa shape index (κ3) is 6.94. The standard InChI is InChI=1S/C27H41NOSi/c1-27(2,3)30(25-19-13-11-14-20-25,26-21-15-12-16-22-26)29-24-18-10-8-6-4-5-7-9-17-23-28/h4-5,11-16,19-22H,6-10,17-18,23-24,28H2,1-3H3. The molecule has 2 aromatic carbocycles. The molecular formula is C27H41NOSi. The predicted molar refractivity (Wildman–Crippen MR) is 134 cm³/mol. The van der Waals surface area contributed by atoms with Gasteiger partial charge in [0.2, 0.25) is 0 Å². The van der Waals surface area contributed by atoms with E-state index in [1.807, 2.05) is 0 Å². The van der Waals surface area contributed by atoms with Crippen LogP contribution in [0.2, 0.25) is 5.04 Å². The molecule has 2 rings (SSSR count). The molecule has 0 unspecified atom stereocenters. The smallest absolute Gasteiger partial charge is 0.261 e. The van der Waals surface area contributed by atoms with E-state index in [4.69, 9.17) is 10.2 Å². The first-order valence-electron chi connectivity index (χ1n) is 11.6. The van der Waals surface area contributed by atoms with Crippen molar-refractivity contribution in [1.29, 1.82) is 0 Å². The van der Waals surface area contributed by atoms with Crippen LogP contribution in [-0.2, 0) is 4.43 Å². The number of hydrogen-bond donors (Lipinski definition) is 1. The Morgan fingerprint density at radius 2 is 1.23 bits per heavy atom. The van der Waals surface area contributed by atoms with Crippen molar-refractivity contribution in [2.24, 2.45) is 5.73 Å². The van der Waals surface area contributed by atoms with Crippen LogP contribution in [-0.4, -0.2) is 21.5 Å². The number of rotatable bonds is 13. The molecule has 0 heterocycles. The molecule has 0 bridgehead atoms. The summed E-state index contributed by atoms with van der Waals surface area (Å²) in [5, 5.41) is 2.79. The Bertz CT molecular complexity index is 682. The van der Waals surface area contributed by atoms with Crippen LogP contribution < -0.4 is 16.1 Å². The normalized spacial score (nSPS) is 12.5. The lowest BCUT2D eigenvalue weighted by molar-refractivity contribution is 0.287. The van der Waals surface area contributed by atoms with Crippen LogP contribution in [0.5, 0.6) is 0 Å². The van der Waals surface area contributed by atoms with Crippen molar-refractivity contribution in [3.63, 3.8) is 0 Å². The number of allylic oxidation sites excluding steroid dienone is 2. The fourth-order valence-electron chi connectivity index (χ4n) is 4.17. The molecule has 3 heteroatoms. The summed E-state index contributed by atoms with van der Waals surface area (Å²) in [6.07, 6.45) is 12.9. The summed E-state index contributed by atoms with van der Waals surface area (Å²) in [4.78, 5) is 0. The molecule has 0 aliphatic rings. The fraction of sp³-hybridized carbons (Fsp3) is 0.481. The average molecular weight is 424 g/mol. The molecular weight excluding hydrogens is 382 g/mol. The van der Waals surface area contributed by atoms with Crippen LogP contribution in [0.3, 0.4) is 0 Å². The van der Waals surface area contributed by atoms with Gasteiger partial charge in [-0.3, -0.25) is 0 Å². The average Bonchev–Trinajstić information content (AvgIpc) is 2.75. The van der Waals surface area contributed by atoms with Crippen molar-refractivity contribution < 1.29 is 4.43 Å². The zero-order valence-corrected chi connectivity index (χ0v) is 20.3. The highest BCUT2D eigenvalue weighted by Crippen LogP contribution is 2.36. The lowest BCUT2D eigenvalue weighted by Gasteiger charge is -2.43. The van der Waals surface area contributed by atoms with Crippen molar-refractivity contribution in [2.75, 3.05) is 13.2 Å². The topological polar surface area (TPSA) is 35.2 Å². The minimum absolute atomic E-state index is 0.0575. The molecule has 0 aliphatic carbocycles. The predicted octanol–water partition coefficient (Wildman–Crippen LogP) is 5.81. The summed E-state index contributed by atoms with van der Waals surface area (Å²) in [5.74, 6) is 0. The van der Waals surface area contributed by atoms with Crippen LogP contribution in [0.25, 0.3) is 0 Å². The van der Waals surface area contributed by atoms with Crippen LogP contribution in [0, 0.1) is 0 Å². The molecule has 0 amide bonds. The van der Waals surface area contributed by atoms with Crippen LogP contribution in [0.15, 0.2) is 72.8 Å². The fourth-order valence-corrected chi connectivity index (χ4v) is 8.78. The molecule has 0 radical (unpaired) electrons. The number of hydrogen-bond acceptors (Lipinski definition) is 2. The van der Waals surface area contributed by atoms with E-state index in [9.17, 15) is 0 Å². The Kier molecular flexibility index (Phi) is 10.6. The summed E-state index contributed by atoms with van der Waals surface area (Å²) in [6.45, 7) is 8.66. The quantitative estimate of drug-likeness (QED) is 0.251. The van der Waals surface area contributed by atoms with Crippen LogP contribution >= 0.6 is 0 Å². The van der Waals surface area contributed by atoms with Gasteiger partial charge in [0.05, 0.1) is 0 Å². The molecule has 0 fully saturated rings. The van der Waals surface area contributed by atoms with E-state index < -0.39 is 8.32 Å². The van der Waals surface area contributed by atoms with Crippen molar-refractivity contribution in [2.45, 2.75) is 70.8 Å². The van der Waals surface area contributed by atoms with E-state index in [1.165, 1.54) is 36.1 Å². The van der Waals surface area contributed by atoms with Gasteiger partial charge in [0.25, 0.3) is 8.32 Å². The monoisotopic (exact) mass is 423 g/mol. The second-order valence-corrected chi connectivity index (χ2v) is 13.4. The summed E-state index contributed by atoms with van der Waals surface area (Å²) in [5.41, 5.74) is 5.54. The summed E-state index contributed by atoms with van der Waals surface area (Å²) in [6, 6.07) is 21.8. The molecule has 0 spiro atoms. The molecule has 0 saturated heterocycles. The Hall–Kier alpha value is -1.68. The van der Waals surface area contributed by atoms with Crippen molar-refractivity contribution in [3.8, 4) is 0 Å². The van der Waals surface area contributed by atoms with Crippen LogP contribution in [0.1, 0.15) is 65.7 Å². The van der Waals surface area contributed by atoms with Gasteiger partial charge < -0.3 is 10.2 Å². The highest BCUT2D eigenvalue weighted by atomic mass is 28.4. The molecule has 0 saturated carbocycles. The van der Waals surface area contributed by atoms with Gasteiger partial charge in [-0.25, -0.2) is 0 Å². The van der Waals surface area contributed by atoms with Gasteiger partial charge in [0.1, 0.15) is 0 Å². The first kappa shape index (κ1) is 24.6. The van der Waals surface area contributed by atoms with Gasteiger partial charge in [0, 0.05) is 6.61 Å². The molecule has 0 atom stereocenters. The van der Waals surface area contributed by atoms with E-state index in [2.05, 4.69) is 93.6 Å². The highest BCUT2D eigenvalue weighted by molar-refractivity contribution is 6.99. The van der Waals surface area contributed by atoms with Crippen molar-refractivity contribution >= 4 is 18.7 Å². The molecule has 2 nitrogen and oxygen atoms in total. The maximum Gasteiger partial charge on any atom is 0.261 e. The zero-order chi connectivity index (χ0) is 21.7. The maximum atomic E-state index is 6.95. The zero-order valence-electron chi connectivity index (χ0n) is 19.3. The third-order valence-corrected chi connectivity index (χ3v) is 10.8. The number of unbranched alkanes of at least 4 members (excludes halogenated alkanes) is 5. The van der Waals surface area contributed by atoms with Gasteiger partial charge in [-0.2, -0.15) is 0 Å². The molecule has 2 aromatic rings. The second-order valence-electron chi connectivity index (χ2n) is 9.12. The van der Waals surface area contributed by atoms with E-state index in [-0.39, 0.29) is 5.04 Å². The van der Waals surface area contributed by atoms with Gasteiger partial charge in [-0.15, -0.1) is 0 Å². The van der Waals surface area contributed by atoms with E-state index >= 15 is 0 Å². The summed E-state index contributed by atoms with van der Waals surface area (Å²) < 4.78 is 6.95.